The Bertz CT molecular complexity index is 1320. The van der Waals surface area contributed by atoms with Crippen molar-refractivity contribution >= 4 is 40.4 Å². The maximum absolute atomic E-state index is 12.9. The summed E-state index contributed by atoms with van der Waals surface area (Å²) in [6, 6.07) is 8.07. The van der Waals surface area contributed by atoms with Gasteiger partial charge in [0.25, 0.3) is 5.56 Å². The monoisotopic (exact) mass is 470 g/mol. The zero-order valence-corrected chi connectivity index (χ0v) is 19.9. The maximum Gasteiger partial charge on any atom is 0.332 e. The lowest BCUT2D eigenvalue weighted by Gasteiger charge is -2.16. The zero-order chi connectivity index (χ0) is 24.3. The fourth-order valence-electron chi connectivity index (χ4n) is 3.17. The minimum atomic E-state index is -0.751. The molecule has 2 aromatic heterocycles. The molecule has 33 heavy (non-hydrogen) atoms. The Kier molecular flexibility index (Phi) is 7.32. The van der Waals surface area contributed by atoms with E-state index in [1.54, 1.807) is 38.1 Å². The average Bonchev–Trinajstić information content (AvgIpc) is 2.75. The van der Waals surface area contributed by atoms with Crippen molar-refractivity contribution in [2.24, 2.45) is 13.0 Å². The van der Waals surface area contributed by atoms with Gasteiger partial charge in [-0.15, -0.1) is 0 Å². The van der Waals surface area contributed by atoms with Gasteiger partial charge in [-0.1, -0.05) is 43.8 Å². The fraction of sp³-hybridized carbons (Fsp3) is 0.364. The third-order valence-electron chi connectivity index (χ3n) is 4.73. The second kappa shape index (κ2) is 9.99. The van der Waals surface area contributed by atoms with Gasteiger partial charge in [0, 0.05) is 19.3 Å². The molecule has 0 aliphatic rings. The van der Waals surface area contributed by atoms with Gasteiger partial charge in [-0.2, -0.15) is 0 Å². The molecule has 11 heteroatoms. The Morgan fingerprint density at radius 2 is 1.76 bits per heavy atom. The van der Waals surface area contributed by atoms with E-state index >= 15 is 0 Å². The molecule has 1 unspecified atom stereocenters. The fourth-order valence-corrected chi connectivity index (χ4v) is 4.16. The van der Waals surface area contributed by atoms with E-state index < -0.39 is 28.4 Å². The lowest BCUT2D eigenvalue weighted by atomic mass is 10.2. The molecule has 3 amide bonds. The predicted octanol–water partition coefficient (Wildman–Crippen LogP) is 2.28. The number of fused-ring (bicyclic) bond motifs is 1. The zero-order valence-electron chi connectivity index (χ0n) is 19.1. The molecular formula is C22H26N6O4S. The van der Waals surface area contributed by atoms with Crippen LogP contribution in [-0.4, -0.2) is 36.3 Å². The van der Waals surface area contributed by atoms with Gasteiger partial charge >= 0.3 is 11.7 Å². The highest BCUT2D eigenvalue weighted by atomic mass is 32.2. The van der Waals surface area contributed by atoms with Crippen molar-refractivity contribution in [3.63, 3.8) is 0 Å². The number of urea groups is 1. The van der Waals surface area contributed by atoms with Crippen LogP contribution in [-0.2, 0) is 18.4 Å². The minimum absolute atomic E-state index is 0.141. The predicted molar refractivity (Wildman–Crippen MR) is 128 cm³/mol. The third-order valence-corrected chi connectivity index (χ3v) is 5.82. The molecule has 2 heterocycles. The topological polar surface area (TPSA) is 128 Å². The van der Waals surface area contributed by atoms with Crippen molar-refractivity contribution in [1.82, 2.24) is 24.4 Å². The number of aromatic nitrogens is 4. The molecule has 2 N–H and O–H groups in total. The molecule has 0 saturated carbocycles. The van der Waals surface area contributed by atoms with Crippen molar-refractivity contribution in [3.8, 4) is 0 Å². The van der Waals surface area contributed by atoms with Crippen LogP contribution in [0.25, 0.3) is 11.0 Å². The molecule has 1 atom stereocenters. The lowest BCUT2D eigenvalue weighted by molar-refractivity contribution is -0.119. The van der Waals surface area contributed by atoms with Crippen LogP contribution in [0, 0.1) is 12.8 Å². The highest BCUT2D eigenvalue weighted by Gasteiger charge is 2.23. The maximum atomic E-state index is 12.9. The van der Waals surface area contributed by atoms with Crippen LogP contribution >= 0.6 is 11.8 Å². The van der Waals surface area contributed by atoms with Crippen molar-refractivity contribution in [2.45, 2.75) is 44.5 Å². The summed E-state index contributed by atoms with van der Waals surface area (Å²) in [5.41, 5.74) is -0.209. The summed E-state index contributed by atoms with van der Waals surface area (Å²) >= 11 is 1.03. The largest absolute Gasteiger partial charge is 0.332 e. The number of imide groups is 1. The van der Waals surface area contributed by atoms with E-state index in [-0.39, 0.29) is 22.0 Å². The van der Waals surface area contributed by atoms with Crippen LogP contribution in [0.5, 0.6) is 0 Å². The first-order chi connectivity index (χ1) is 15.6. The minimum Gasteiger partial charge on any atom is -0.308 e. The Hall–Kier alpha value is -3.47. The van der Waals surface area contributed by atoms with E-state index in [2.05, 4.69) is 20.6 Å². The highest BCUT2D eigenvalue weighted by molar-refractivity contribution is 8.00. The third kappa shape index (κ3) is 5.48. The summed E-state index contributed by atoms with van der Waals surface area (Å²) in [7, 11) is 1.40. The van der Waals surface area contributed by atoms with Gasteiger partial charge in [-0.3, -0.25) is 24.0 Å². The normalized spacial score (nSPS) is 12.1. The summed E-state index contributed by atoms with van der Waals surface area (Å²) in [5.74, 6) is -0.0441. The Balaban J connectivity index is 1.91. The van der Waals surface area contributed by atoms with Crippen LogP contribution in [0.4, 0.5) is 10.5 Å². The number of nitrogens with one attached hydrogen (secondary N) is 2. The number of anilines is 1. The molecule has 3 aromatic rings. The van der Waals surface area contributed by atoms with Gasteiger partial charge in [-0.25, -0.2) is 19.6 Å². The Morgan fingerprint density at radius 3 is 2.39 bits per heavy atom. The number of thioether (sulfide) groups is 1. The number of rotatable bonds is 6. The van der Waals surface area contributed by atoms with E-state index in [0.29, 0.717) is 18.1 Å². The molecule has 0 saturated heterocycles. The first-order valence-electron chi connectivity index (χ1n) is 10.4. The molecular weight excluding hydrogens is 444 g/mol. The van der Waals surface area contributed by atoms with E-state index in [9.17, 15) is 19.2 Å². The van der Waals surface area contributed by atoms with Crippen LogP contribution in [0.1, 0.15) is 26.6 Å². The number of hydrogen-bond acceptors (Lipinski definition) is 7. The summed E-state index contributed by atoms with van der Waals surface area (Å²) in [6.07, 6.45) is 0. The lowest BCUT2D eigenvalue weighted by Crippen LogP contribution is -2.40. The first kappa shape index (κ1) is 24.2. The number of carbonyl (C=O) groups is 2. The van der Waals surface area contributed by atoms with Gasteiger partial charge in [0.15, 0.2) is 5.65 Å². The molecule has 3 rings (SSSR count). The second-order valence-electron chi connectivity index (χ2n) is 8.00. The quantitative estimate of drug-likeness (QED) is 0.418. The molecule has 0 aliphatic carbocycles. The SMILES string of the molecule is Cc1nc(SC(C)C(=O)NC(=O)Nc2ccccc2)c2c(=O)n(C)c(=O)n(CC(C)C)c2n1. The average molecular weight is 471 g/mol. The number of benzene rings is 1. The van der Waals surface area contributed by atoms with Gasteiger partial charge in [0.2, 0.25) is 5.91 Å². The summed E-state index contributed by atoms with van der Waals surface area (Å²) in [4.78, 5) is 59.2. The molecule has 10 nitrogen and oxygen atoms in total. The van der Waals surface area contributed by atoms with E-state index in [1.807, 2.05) is 19.9 Å². The van der Waals surface area contributed by atoms with E-state index in [4.69, 9.17) is 0 Å². The van der Waals surface area contributed by atoms with Gasteiger partial charge in [0.1, 0.15) is 16.2 Å². The van der Waals surface area contributed by atoms with Crippen molar-refractivity contribution in [2.75, 3.05) is 5.32 Å². The van der Waals surface area contributed by atoms with Crippen molar-refractivity contribution < 1.29 is 9.59 Å². The van der Waals surface area contributed by atoms with Crippen LogP contribution in [0.3, 0.4) is 0 Å². The first-order valence-corrected chi connectivity index (χ1v) is 11.3. The van der Waals surface area contributed by atoms with Gasteiger partial charge in [-0.05, 0) is 31.9 Å². The molecule has 0 spiro atoms. The van der Waals surface area contributed by atoms with Crippen LogP contribution in [0.15, 0.2) is 44.9 Å². The van der Waals surface area contributed by atoms with Crippen LogP contribution in [0.2, 0.25) is 0 Å². The van der Waals surface area contributed by atoms with Gasteiger partial charge < -0.3 is 5.32 Å². The van der Waals surface area contributed by atoms with Crippen molar-refractivity contribution in [1.29, 1.82) is 0 Å². The number of amides is 3. The molecule has 174 valence electrons. The number of para-hydroxylation sites is 1. The molecule has 0 bridgehead atoms. The molecule has 1 aromatic carbocycles. The van der Waals surface area contributed by atoms with Gasteiger partial charge in [0.05, 0.1) is 5.25 Å². The summed E-state index contributed by atoms with van der Waals surface area (Å²) < 4.78 is 2.48. The standard InChI is InChI=1S/C22H26N6O4S/c1-12(2)11-28-17-16(20(30)27(5)22(28)32)19(24-14(4)23-17)33-13(3)18(29)26-21(31)25-15-9-7-6-8-10-15/h6-10,12-13H,11H2,1-5H3,(H2,25,26,29,31). The number of hydrogen-bond donors (Lipinski definition) is 2. The number of aryl methyl sites for hydroxylation is 1. The van der Waals surface area contributed by atoms with Crippen LogP contribution < -0.4 is 21.9 Å². The second-order valence-corrected chi connectivity index (χ2v) is 9.32. The smallest absolute Gasteiger partial charge is 0.308 e. The molecule has 0 aliphatic heterocycles. The highest BCUT2D eigenvalue weighted by Crippen LogP contribution is 2.26. The Morgan fingerprint density at radius 1 is 1.09 bits per heavy atom. The molecule has 0 radical (unpaired) electrons. The summed E-state index contributed by atoms with van der Waals surface area (Å²) in [6.45, 7) is 7.55. The van der Waals surface area contributed by atoms with E-state index in [0.717, 1.165) is 16.3 Å². The van der Waals surface area contributed by atoms with Crippen molar-refractivity contribution in [3.05, 3.63) is 57.0 Å². The summed E-state index contributed by atoms with van der Waals surface area (Å²) in [5, 5.41) is 4.57. The molecule has 0 fully saturated rings. The number of nitrogens with zero attached hydrogens (tertiary/aromatic N) is 4. The van der Waals surface area contributed by atoms with E-state index in [1.165, 1.54) is 11.6 Å². The Labute approximate surface area is 194 Å². The number of carbonyl (C=O) groups excluding carboxylic acids is 2.